The summed E-state index contributed by atoms with van der Waals surface area (Å²) in [6.45, 7) is 2.24. The van der Waals surface area contributed by atoms with Gasteiger partial charge < -0.3 is 9.84 Å². The van der Waals surface area contributed by atoms with Crippen molar-refractivity contribution in [3.8, 4) is 0 Å². The smallest absolute Gasteiger partial charge is 0.0649 e. The Bertz CT molecular complexity index is 172. The molecule has 0 aromatic rings. The van der Waals surface area contributed by atoms with E-state index >= 15 is 0 Å². The Morgan fingerprint density at radius 1 is 1.12 bits per heavy atom. The monoisotopic (exact) mass is 228 g/mol. The van der Waals surface area contributed by atoms with Crippen molar-refractivity contribution in [2.45, 2.75) is 82.8 Å². The summed E-state index contributed by atoms with van der Waals surface area (Å²) in [6, 6.07) is 0. The SMILES string of the molecule is CCCCCCCC1(O)CCC(OC)CC1. The van der Waals surface area contributed by atoms with Crippen LogP contribution in [0, 0.1) is 0 Å². The molecule has 0 spiro atoms. The normalized spacial score (nSPS) is 30.6. The first-order chi connectivity index (χ1) is 7.70. The van der Waals surface area contributed by atoms with E-state index in [1.54, 1.807) is 7.11 Å². The lowest BCUT2D eigenvalue weighted by atomic mass is 9.80. The molecule has 0 aromatic carbocycles. The van der Waals surface area contributed by atoms with E-state index < -0.39 is 0 Å². The molecular weight excluding hydrogens is 200 g/mol. The lowest BCUT2D eigenvalue weighted by Crippen LogP contribution is -2.36. The number of hydrogen-bond donors (Lipinski definition) is 1. The lowest BCUT2D eigenvalue weighted by molar-refractivity contribution is -0.0493. The van der Waals surface area contributed by atoms with Crippen LogP contribution in [0.3, 0.4) is 0 Å². The van der Waals surface area contributed by atoms with Crippen molar-refractivity contribution in [1.82, 2.24) is 0 Å². The van der Waals surface area contributed by atoms with Crippen molar-refractivity contribution in [3.63, 3.8) is 0 Å². The highest BCUT2D eigenvalue weighted by Crippen LogP contribution is 2.33. The number of unbranched alkanes of at least 4 members (excludes halogenated alkanes) is 4. The molecule has 1 aliphatic rings. The molecule has 1 rings (SSSR count). The van der Waals surface area contributed by atoms with Gasteiger partial charge in [-0.15, -0.1) is 0 Å². The molecule has 0 saturated heterocycles. The highest BCUT2D eigenvalue weighted by Gasteiger charge is 2.32. The van der Waals surface area contributed by atoms with Gasteiger partial charge in [-0.05, 0) is 32.1 Å². The predicted octanol–water partition coefficient (Wildman–Crippen LogP) is 3.67. The molecular formula is C14H28O2. The summed E-state index contributed by atoms with van der Waals surface area (Å²) in [5.74, 6) is 0. The molecule has 0 unspecified atom stereocenters. The molecule has 0 heterocycles. The first-order valence-corrected chi connectivity index (χ1v) is 6.95. The largest absolute Gasteiger partial charge is 0.390 e. The second-order valence-electron chi connectivity index (χ2n) is 5.32. The van der Waals surface area contributed by atoms with Crippen molar-refractivity contribution in [2.24, 2.45) is 0 Å². The maximum Gasteiger partial charge on any atom is 0.0649 e. The fourth-order valence-corrected chi connectivity index (χ4v) is 2.67. The number of ether oxygens (including phenoxy) is 1. The molecule has 1 saturated carbocycles. The minimum Gasteiger partial charge on any atom is -0.390 e. The van der Waals surface area contributed by atoms with Crippen LogP contribution in [0.15, 0.2) is 0 Å². The second kappa shape index (κ2) is 7.29. The summed E-state index contributed by atoms with van der Waals surface area (Å²) < 4.78 is 5.33. The molecule has 0 aromatic heterocycles. The molecule has 16 heavy (non-hydrogen) atoms. The molecule has 0 radical (unpaired) electrons. The maximum absolute atomic E-state index is 10.4. The van der Waals surface area contributed by atoms with E-state index in [1.807, 2.05) is 0 Å². The van der Waals surface area contributed by atoms with Gasteiger partial charge in [-0.2, -0.15) is 0 Å². The van der Waals surface area contributed by atoms with Crippen molar-refractivity contribution in [1.29, 1.82) is 0 Å². The van der Waals surface area contributed by atoms with E-state index in [0.717, 1.165) is 32.1 Å². The molecule has 1 fully saturated rings. The summed E-state index contributed by atoms with van der Waals surface area (Å²) in [5, 5.41) is 10.4. The third kappa shape index (κ3) is 4.84. The van der Waals surface area contributed by atoms with Crippen LogP contribution in [0.2, 0.25) is 0 Å². The van der Waals surface area contributed by atoms with Crippen LogP contribution >= 0.6 is 0 Å². The number of aliphatic hydroxyl groups is 1. The van der Waals surface area contributed by atoms with Crippen molar-refractivity contribution >= 4 is 0 Å². The summed E-state index contributed by atoms with van der Waals surface area (Å²) in [4.78, 5) is 0. The zero-order valence-electron chi connectivity index (χ0n) is 11.0. The van der Waals surface area contributed by atoms with Gasteiger partial charge in [0.15, 0.2) is 0 Å². The van der Waals surface area contributed by atoms with Gasteiger partial charge in [0.2, 0.25) is 0 Å². The summed E-state index contributed by atoms with van der Waals surface area (Å²) in [7, 11) is 1.78. The molecule has 0 atom stereocenters. The molecule has 0 aliphatic heterocycles. The molecule has 0 amide bonds. The van der Waals surface area contributed by atoms with Crippen LogP contribution in [-0.4, -0.2) is 23.9 Å². The average molecular weight is 228 g/mol. The highest BCUT2D eigenvalue weighted by atomic mass is 16.5. The van der Waals surface area contributed by atoms with Gasteiger partial charge in [0.25, 0.3) is 0 Å². The predicted molar refractivity (Wildman–Crippen MR) is 67.6 cm³/mol. The minimum atomic E-state index is -0.374. The van der Waals surface area contributed by atoms with Crippen molar-refractivity contribution in [3.05, 3.63) is 0 Å². The quantitative estimate of drug-likeness (QED) is 0.674. The highest BCUT2D eigenvalue weighted by molar-refractivity contribution is 4.85. The third-order valence-corrected chi connectivity index (χ3v) is 3.94. The Kier molecular flexibility index (Phi) is 6.37. The number of hydrogen-bond acceptors (Lipinski definition) is 2. The summed E-state index contributed by atoms with van der Waals surface area (Å²) in [5.41, 5.74) is -0.374. The van der Waals surface area contributed by atoms with Crippen LogP contribution in [0.1, 0.15) is 71.1 Å². The molecule has 1 aliphatic carbocycles. The van der Waals surface area contributed by atoms with E-state index in [0.29, 0.717) is 6.10 Å². The molecule has 1 N–H and O–H groups in total. The first-order valence-electron chi connectivity index (χ1n) is 6.95. The first kappa shape index (κ1) is 14.0. The van der Waals surface area contributed by atoms with E-state index in [2.05, 4.69) is 6.92 Å². The molecule has 2 heteroatoms. The van der Waals surface area contributed by atoms with Gasteiger partial charge in [0.05, 0.1) is 11.7 Å². The number of methoxy groups -OCH3 is 1. The van der Waals surface area contributed by atoms with Gasteiger partial charge in [-0.3, -0.25) is 0 Å². The van der Waals surface area contributed by atoms with Crippen LogP contribution in [-0.2, 0) is 4.74 Å². The van der Waals surface area contributed by atoms with Crippen LogP contribution < -0.4 is 0 Å². The van der Waals surface area contributed by atoms with E-state index in [1.165, 1.54) is 32.1 Å². The van der Waals surface area contributed by atoms with Gasteiger partial charge in [-0.1, -0.05) is 39.0 Å². The molecule has 96 valence electrons. The van der Waals surface area contributed by atoms with E-state index in [9.17, 15) is 5.11 Å². The van der Waals surface area contributed by atoms with Gasteiger partial charge >= 0.3 is 0 Å². The van der Waals surface area contributed by atoms with Gasteiger partial charge in [0.1, 0.15) is 0 Å². The standard InChI is InChI=1S/C14H28O2/c1-3-4-5-6-7-10-14(15)11-8-13(16-2)9-12-14/h13,15H,3-12H2,1-2H3. The van der Waals surface area contributed by atoms with Crippen LogP contribution in [0.4, 0.5) is 0 Å². The van der Waals surface area contributed by atoms with Crippen LogP contribution in [0.25, 0.3) is 0 Å². The van der Waals surface area contributed by atoms with E-state index in [-0.39, 0.29) is 5.60 Å². The third-order valence-electron chi connectivity index (χ3n) is 3.94. The Morgan fingerprint density at radius 3 is 2.31 bits per heavy atom. The molecule has 0 bridgehead atoms. The molecule has 2 nitrogen and oxygen atoms in total. The van der Waals surface area contributed by atoms with Gasteiger partial charge in [-0.25, -0.2) is 0 Å². The Labute approximate surface area is 100 Å². The van der Waals surface area contributed by atoms with Crippen molar-refractivity contribution < 1.29 is 9.84 Å². The number of rotatable bonds is 7. The maximum atomic E-state index is 10.4. The Morgan fingerprint density at radius 2 is 1.75 bits per heavy atom. The Balaban J connectivity index is 2.11. The van der Waals surface area contributed by atoms with Crippen LogP contribution in [0.5, 0.6) is 0 Å². The second-order valence-corrected chi connectivity index (χ2v) is 5.32. The fraction of sp³-hybridized carbons (Fsp3) is 1.00. The minimum absolute atomic E-state index is 0.374. The summed E-state index contributed by atoms with van der Waals surface area (Å²) in [6.07, 6.45) is 11.7. The van der Waals surface area contributed by atoms with Gasteiger partial charge in [0, 0.05) is 7.11 Å². The summed E-state index contributed by atoms with van der Waals surface area (Å²) >= 11 is 0. The average Bonchev–Trinajstić information content (AvgIpc) is 2.30. The zero-order valence-corrected chi connectivity index (χ0v) is 11.0. The van der Waals surface area contributed by atoms with E-state index in [4.69, 9.17) is 4.74 Å². The lowest BCUT2D eigenvalue weighted by Gasteiger charge is -2.35. The zero-order chi connectivity index (χ0) is 11.9. The van der Waals surface area contributed by atoms with Crippen molar-refractivity contribution in [2.75, 3.05) is 7.11 Å². The fourth-order valence-electron chi connectivity index (χ4n) is 2.67. The topological polar surface area (TPSA) is 29.5 Å². The Hall–Kier alpha value is -0.0800.